The van der Waals surface area contributed by atoms with Crippen molar-refractivity contribution in [3.63, 3.8) is 0 Å². The molecule has 0 saturated heterocycles. The maximum absolute atomic E-state index is 9.55. The van der Waals surface area contributed by atoms with Crippen LogP contribution in [0.3, 0.4) is 0 Å². The summed E-state index contributed by atoms with van der Waals surface area (Å²) >= 11 is 0. The van der Waals surface area contributed by atoms with Crippen LogP contribution < -0.4 is 5.32 Å². The molecule has 0 radical (unpaired) electrons. The molecule has 0 atom stereocenters. The van der Waals surface area contributed by atoms with E-state index in [0.717, 1.165) is 24.2 Å². The van der Waals surface area contributed by atoms with Gasteiger partial charge in [-0.15, -0.1) is 0 Å². The lowest BCUT2D eigenvalue weighted by Crippen LogP contribution is -2.04. The number of anilines is 1. The van der Waals surface area contributed by atoms with Gasteiger partial charge in [0.2, 0.25) is 0 Å². The molecule has 0 saturated carbocycles. The molecular formula is C14H15NO2. The van der Waals surface area contributed by atoms with Crippen LogP contribution in [0.25, 0.3) is 0 Å². The van der Waals surface area contributed by atoms with Gasteiger partial charge in [-0.1, -0.05) is 24.3 Å². The zero-order valence-electron chi connectivity index (χ0n) is 9.43. The molecule has 0 aliphatic heterocycles. The summed E-state index contributed by atoms with van der Waals surface area (Å²) in [5.41, 5.74) is 1.89. The zero-order valence-corrected chi connectivity index (χ0v) is 9.43. The molecule has 0 spiro atoms. The molecule has 3 nitrogen and oxygen atoms in total. The fraction of sp³-hybridized carbons (Fsp3) is 0.143. The average molecular weight is 229 g/mol. The number of phenolic OH excluding ortho intramolecular Hbond substituents is 2. The molecule has 0 unspecified atom stereocenters. The summed E-state index contributed by atoms with van der Waals surface area (Å²) < 4.78 is 0. The summed E-state index contributed by atoms with van der Waals surface area (Å²) in [4.78, 5) is 0. The Hall–Kier alpha value is -2.16. The summed E-state index contributed by atoms with van der Waals surface area (Å²) in [5.74, 6) is 0.542. The van der Waals surface area contributed by atoms with Crippen molar-refractivity contribution in [3.05, 3.63) is 54.1 Å². The Labute approximate surface area is 100 Å². The highest BCUT2D eigenvalue weighted by Gasteiger charge is 1.98. The van der Waals surface area contributed by atoms with Crippen molar-refractivity contribution in [1.29, 1.82) is 0 Å². The van der Waals surface area contributed by atoms with E-state index in [0.29, 0.717) is 0 Å². The van der Waals surface area contributed by atoms with Crippen molar-refractivity contribution in [1.82, 2.24) is 0 Å². The van der Waals surface area contributed by atoms with Gasteiger partial charge < -0.3 is 15.5 Å². The molecule has 3 heteroatoms. The number of hydrogen-bond donors (Lipinski definition) is 3. The maximum atomic E-state index is 9.55. The first-order chi connectivity index (χ1) is 8.25. The predicted molar refractivity (Wildman–Crippen MR) is 68.4 cm³/mol. The summed E-state index contributed by atoms with van der Waals surface area (Å²) in [6, 6.07) is 14.3. The number of rotatable bonds is 4. The van der Waals surface area contributed by atoms with E-state index in [2.05, 4.69) is 5.32 Å². The molecule has 17 heavy (non-hydrogen) atoms. The van der Waals surface area contributed by atoms with E-state index in [1.54, 1.807) is 24.3 Å². The highest BCUT2D eigenvalue weighted by Crippen LogP contribution is 2.21. The first-order valence-electron chi connectivity index (χ1n) is 5.55. The van der Waals surface area contributed by atoms with E-state index in [1.165, 1.54) is 0 Å². The fourth-order valence-corrected chi connectivity index (χ4v) is 1.63. The molecule has 0 heterocycles. The minimum absolute atomic E-state index is 0.262. The molecule has 2 rings (SSSR count). The summed E-state index contributed by atoms with van der Waals surface area (Å²) in [6.07, 6.45) is 0.842. The van der Waals surface area contributed by atoms with Crippen LogP contribution in [0.4, 0.5) is 5.69 Å². The van der Waals surface area contributed by atoms with Crippen LogP contribution in [0.2, 0.25) is 0 Å². The number of aromatic hydroxyl groups is 2. The molecule has 0 aromatic heterocycles. The summed E-state index contributed by atoms with van der Waals surface area (Å²) in [7, 11) is 0. The van der Waals surface area contributed by atoms with Crippen LogP contribution in [-0.2, 0) is 6.42 Å². The van der Waals surface area contributed by atoms with Gasteiger partial charge in [0.15, 0.2) is 0 Å². The Balaban J connectivity index is 1.88. The van der Waals surface area contributed by atoms with E-state index in [4.69, 9.17) is 5.11 Å². The highest BCUT2D eigenvalue weighted by atomic mass is 16.3. The van der Waals surface area contributed by atoms with Crippen LogP contribution >= 0.6 is 0 Å². The minimum Gasteiger partial charge on any atom is -0.508 e. The van der Waals surface area contributed by atoms with Crippen LogP contribution in [-0.4, -0.2) is 16.8 Å². The molecule has 0 bridgehead atoms. The van der Waals surface area contributed by atoms with Gasteiger partial charge in [-0.25, -0.2) is 0 Å². The van der Waals surface area contributed by atoms with Gasteiger partial charge in [-0.05, 0) is 36.2 Å². The van der Waals surface area contributed by atoms with Gasteiger partial charge in [-0.3, -0.25) is 0 Å². The number of nitrogens with one attached hydrogen (secondary N) is 1. The standard InChI is InChI=1S/C14H15NO2/c16-12-7-5-11(6-8-12)9-10-15-13-3-1-2-4-14(13)17/h1-8,15-17H,9-10H2. The third-order valence-corrected chi connectivity index (χ3v) is 2.57. The van der Waals surface area contributed by atoms with Crippen LogP contribution in [0.15, 0.2) is 48.5 Å². The number of phenols is 2. The molecule has 0 aliphatic carbocycles. The average Bonchev–Trinajstić information content (AvgIpc) is 2.34. The van der Waals surface area contributed by atoms with Crippen molar-refractivity contribution in [2.45, 2.75) is 6.42 Å². The third-order valence-electron chi connectivity index (χ3n) is 2.57. The van der Waals surface area contributed by atoms with Gasteiger partial charge in [-0.2, -0.15) is 0 Å². The lowest BCUT2D eigenvalue weighted by atomic mass is 10.1. The molecule has 2 aromatic rings. The summed E-state index contributed by atoms with van der Waals surface area (Å²) in [6.45, 7) is 0.738. The Morgan fingerprint density at radius 3 is 2.29 bits per heavy atom. The van der Waals surface area contributed by atoms with Crippen molar-refractivity contribution in [2.75, 3.05) is 11.9 Å². The van der Waals surface area contributed by atoms with Crippen LogP contribution in [0, 0.1) is 0 Å². The van der Waals surface area contributed by atoms with Crippen LogP contribution in [0.1, 0.15) is 5.56 Å². The van der Waals surface area contributed by atoms with Gasteiger partial charge >= 0.3 is 0 Å². The van der Waals surface area contributed by atoms with E-state index in [9.17, 15) is 5.11 Å². The topological polar surface area (TPSA) is 52.5 Å². The normalized spacial score (nSPS) is 10.1. The molecule has 0 amide bonds. The van der Waals surface area contributed by atoms with Gasteiger partial charge in [0.25, 0.3) is 0 Å². The largest absolute Gasteiger partial charge is 0.508 e. The zero-order chi connectivity index (χ0) is 12.1. The molecule has 0 fully saturated rings. The third kappa shape index (κ3) is 3.14. The Bertz CT molecular complexity index is 480. The number of para-hydroxylation sites is 2. The van der Waals surface area contributed by atoms with Crippen molar-refractivity contribution in [2.24, 2.45) is 0 Å². The Morgan fingerprint density at radius 1 is 0.882 bits per heavy atom. The minimum atomic E-state index is 0.262. The smallest absolute Gasteiger partial charge is 0.138 e. The second-order valence-electron chi connectivity index (χ2n) is 3.86. The Kier molecular flexibility index (Phi) is 3.50. The van der Waals surface area contributed by atoms with Gasteiger partial charge in [0.05, 0.1) is 5.69 Å². The Morgan fingerprint density at radius 2 is 1.59 bits per heavy atom. The first kappa shape index (κ1) is 11.3. The predicted octanol–water partition coefficient (Wildman–Crippen LogP) is 2.75. The van der Waals surface area contributed by atoms with Crippen molar-refractivity contribution in [3.8, 4) is 11.5 Å². The van der Waals surface area contributed by atoms with E-state index in [1.807, 2.05) is 24.3 Å². The van der Waals surface area contributed by atoms with Crippen molar-refractivity contribution >= 4 is 5.69 Å². The highest BCUT2D eigenvalue weighted by molar-refractivity contribution is 5.55. The molecular weight excluding hydrogens is 214 g/mol. The van der Waals surface area contributed by atoms with Gasteiger partial charge in [0, 0.05) is 6.54 Å². The van der Waals surface area contributed by atoms with Crippen LogP contribution in [0.5, 0.6) is 11.5 Å². The molecule has 3 N–H and O–H groups in total. The van der Waals surface area contributed by atoms with E-state index in [-0.39, 0.29) is 11.5 Å². The molecule has 88 valence electrons. The fourth-order valence-electron chi connectivity index (χ4n) is 1.63. The monoisotopic (exact) mass is 229 g/mol. The lowest BCUT2D eigenvalue weighted by molar-refractivity contribution is 0.475. The number of benzene rings is 2. The second-order valence-corrected chi connectivity index (χ2v) is 3.86. The van der Waals surface area contributed by atoms with Crippen molar-refractivity contribution < 1.29 is 10.2 Å². The lowest BCUT2D eigenvalue weighted by Gasteiger charge is -2.08. The maximum Gasteiger partial charge on any atom is 0.138 e. The molecule has 0 aliphatic rings. The molecule has 2 aromatic carbocycles. The van der Waals surface area contributed by atoms with Gasteiger partial charge in [0.1, 0.15) is 11.5 Å². The van der Waals surface area contributed by atoms with E-state index < -0.39 is 0 Å². The van der Waals surface area contributed by atoms with E-state index >= 15 is 0 Å². The first-order valence-corrected chi connectivity index (χ1v) is 5.55. The second kappa shape index (κ2) is 5.25. The number of hydrogen-bond acceptors (Lipinski definition) is 3. The summed E-state index contributed by atoms with van der Waals surface area (Å²) in [5, 5.41) is 21.9. The quantitative estimate of drug-likeness (QED) is 0.706. The SMILES string of the molecule is Oc1ccc(CCNc2ccccc2O)cc1.